The van der Waals surface area contributed by atoms with Crippen molar-refractivity contribution in [2.45, 2.75) is 40.4 Å². The Bertz CT molecular complexity index is 1430. The molecular weight excluding hydrogens is 448 g/mol. The molecule has 0 unspecified atom stereocenters. The molecule has 3 aromatic carbocycles. The van der Waals surface area contributed by atoms with E-state index in [1.54, 1.807) is 7.11 Å². The van der Waals surface area contributed by atoms with Gasteiger partial charge in [0.2, 0.25) is 5.95 Å². The minimum absolute atomic E-state index is 0.0228. The van der Waals surface area contributed by atoms with Gasteiger partial charge in [-0.2, -0.15) is 0 Å². The minimum atomic E-state index is 0.0228. The highest BCUT2D eigenvalue weighted by Gasteiger charge is 2.28. The van der Waals surface area contributed by atoms with Gasteiger partial charge in [0.05, 0.1) is 26.1 Å². The van der Waals surface area contributed by atoms with Gasteiger partial charge in [0.25, 0.3) is 5.56 Å². The lowest BCUT2D eigenvalue weighted by molar-refractivity contribution is 0.189. The van der Waals surface area contributed by atoms with Gasteiger partial charge >= 0.3 is 0 Å². The van der Waals surface area contributed by atoms with Crippen molar-refractivity contribution in [1.29, 1.82) is 0 Å². The number of methoxy groups -OCH3 is 1. The highest BCUT2D eigenvalue weighted by Crippen LogP contribution is 2.30. The Morgan fingerprint density at radius 1 is 0.861 bits per heavy atom. The number of rotatable bonds is 6. The zero-order chi connectivity index (χ0) is 25.2. The number of aromatic nitrogens is 2. The molecule has 36 heavy (non-hydrogen) atoms. The molecule has 1 aliphatic rings. The molecule has 0 spiro atoms. The Hall–Kier alpha value is -3.90. The lowest BCUT2D eigenvalue weighted by Crippen LogP contribution is -2.47. The molecule has 0 bridgehead atoms. The molecule has 6 nitrogen and oxygen atoms in total. The van der Waals surface area contributed by atoms with Gasteiger partial charge in [0.15, 0.2) is 0 Å². The fourth-order valence-electron chi connectivity index (χ4n) is 4.71. The van der Waals surface area contributed by atoms with Gasteiger partial charge in [-0.25, -0.2) is 4.98 Å². The van der Waals surface area contributed by atoms with Crippen molar-refractivity contribution >= 4 is 11.6 Å². The predicted molar refractivity (Wildman–Crippen MR) is 144 cm³/mol. The second kappa shape index (κ2) is 9.99. The van der Waals surface area contributed by atoms with Crippen LogP contribution in [0.15, 0.2) is 77.6 Å². The number of ether oxygens (including phenoxy) is 1. The summed E-state index contributed by atoms with van der Waals surface area (Å²) in [6, 6.07) is 24.6. The van der Waals surface area contributed by atoms with Crippen LogP contribution in [-0.2, 0) is 19.6 Å². The van der Waals surface area contributed by atoms with Crippen LogP contribution in [0, 0.1) is 20.8 Å². The van der Waals surface area contributed by atoms with Crippen LogP contribution in [0.5, 0.6) is 5.75 Å². The minimum Gasteiger partial charge on any atom is -0.497 e. The molecule has 2 heterocycles. The van der Waals surface area contributed by atoms with Crippen LogP contribution in [0.25, 0.3) is 0 Å². The maximum atomic E-state index is 13.9. The van der Waals surface area contributed by atoms with Crippen molar-refractivity contribution in [2.24, 2.45) is 0 Å². The van der Waals surface area contributed by atoms with Crippen LogP contribution in [0.2, 0.25) is 0 Å². The first-order valence-electron chi connectivity index (χ1n) is 12.3. The van der Waals surface area contributed by atoms with Crippen molar-refractivity contribution in [3.8, 4) is 5.75 Å². The van der Waals surface area contributed by atoms with E-state index >= 15 is 0 Å². The molecule has 4 aromatic rings. The molecule has 0 atom stereocenters. The van der Waals surface area contributed by atoms with Crippen molar-refractivity contribution < 1.29 is 4.74 Å². The fourth-order valence-corrected chi connectivity index (χ4v) is 4.71. The Balaban J connectivity index is 1.56. The van der Waals surface area contributed by atoms with Crippen molar-refractivity contribution in [1.82, 2.24) is 14.5 Å². The molecule has 6 heteroatoms. The third-order valence-electron chi connectivity index (χ3n) is 6.96. The molecular formula is C30H32N4O2. The Labute approximate surface area is 212 Å². The maximum absolute atomic E-state index is 13.9. The normalized spacial score (nSPS) is 13.5. The summed E-state index contributed by atoms with van der Waals surface area (Å²) in [6.45, 7) is 8.01. The average Bonchev–Trinajstić information content (AvgIpc) is 2.89. The number of hydrogen-bond donors (Lipinski definition) is 0. The van der Waals surface area contributed by atoms with E-state index in [2.05, 4.69) is 66.1 Å². The smallest absolute Gasteiger partial charge is 0.259 e. The summed E-state index contributed by atoms with van der Waals surface area (Å²) in [6.07, 6.45) is 0.570. The third-order valence-corrected chi connectivity index (χ3v) is 6.96. The first-order chi connectivity index (χ1) is 17.4. The molecule has 0 N–H and O–H groups in total. The lowest BCUT2D eigenvalue weighted by atomic mass is 10.0. The SMILES string of the molecule is COc1ccc(CN2CN(c3ccc(C)c(C)c3)c3nc(C)c(Cc4ccccc4)c(=O)n3C2)cc1. The van der Waals surface area contributed by atoms with Gasteiger partial charge in [-0.15, -0.1) is 0 Å². The van der Waals surface area contributed by atoms with E-state index in [0.29, 0.717) is 32.3 Å². The topological polar surface area (TPSA) is 50.6 Å². The van der Waals surface area contributed by atoms with Crippen LogP contribution >= 0.6 is 0 Å². The summed E-state index contributed by atoms with van der Waals surface area (Å²) in [5.74, 6) is 1.53. The Morgan fingerprint density at radius 3 is 2.31 bits per heavy atom. The Morgan fingerprint density at radius 2 is 1.61 bits per heavy atom. The molecule has 0 radical (unpaired) electrons. The summed E-state index contributed by atoms with van der Waals surface area (Å²) < 4.78 is 7.14. The number of fused-ring (bicyclic) bond motifs is 1. The quantitative estimate of drug-likeness (QED) is 0.373. The zero-order valence-corrected chi connectivity index (χ0v) is 21.4. The number of nitrogens with zero attached hydrogens (tertiary/aromatic N) is 4. The molecule has 5 rings (SSSR count). The van der Waals surface area contributed by atoms with Crippen molar-refractivity contribution in [2.75, 3.05) is 18.7 Å². The van der Waals surface area contributed by atoms with E-state index in [4.69, 9.17) is 9.72 Å². The summed E-state index contributed by atoms with van der Waals surface area (Å²) in [4.78, 5) is 23.3. The summed E-state index contributed by atoms with van der Waals surface area (Å²) in [5, 5.41) is 0. The number of aryl methyl sites for hydroxylation is 3. The highest BCUT2D eigenvalue weighted by molar-refractivity contribution is 5.60. The monoisotopic (exact) mass is 480 g/mol. The Kier molecular flexibility index (Phi) is 6.61. The summed E-state index contributed by atoms with van der Waals surface area (Å²) >= 11 is 0. The number of benzene rings is 3. The standard InChI is InChI=1S/C30H32N4O2/c1-21-10-13-26(16-22(21)2)33-19-32(18-25-11-14-27(36-4)15-12-25)20-34-29(35)28(23(3)31-30(33)34)17-24-8-6-5-7-9-24/h5-16H,17-20H2,1-4H3. The van der Waals surface area contributed by atoms with E-state index < -0.39 is 0 Å². The van der Waals surface area contributed by atoms with E-state index in [0.717, 1.165) is 33.8 Å². The molecule has 184 valence electrons. The molecule has 0 fully saturated rings. The number of hydrogen-bond acceptors (Lipinski definition) is 5. The number of anilines is 2. The van der Waals surface area contributed by atoms with Crippen LogP contribution in [0.4, 0.5) is 11.6 Å². The van der Waals surface area contributed by atoms with Crippen LogP contribution in [0.3, 0.4) is 0 Å². The molecule has 0 aliphatic carbocycles. The van der Waals surface area contributed by atoms with Crippen LogP contribution in [-0.4, -0.2) is 28.2 Å². The zero-order valence-electron chi connectivity index (χ0n) is 21.4. The van der Waals surface area contributed by atoms with Crippen molar-refractivity contribution in [3.63, 3.8) is 0 Å². The average molecular weight is 481 g/mol. The molecule has 1 aromatic heterocycles. The fraction of sp³-hybridized carbons (Fsp3) is 0.267. The molecule has 0 saturated heterocycles. The molecule has 0 amide bonds. The first-order valence-corrected chi connectivity index (χ1v) is 12.3. The van der Waals surface area contributed by atoms with Gasteiger partial charge in [-0.1, -0.05) is 48.5 Å². The molecule has 0 saturated carbocycles. The highest BCUT2D eigenvalue weighted by atomic mass is 16.5. The van der Waals surface area contributed by atoms with Gasteiger partial charge in [0.1, 0.15) is 5.75 Å². The largest absolute Gasteiger partial charge is 0.497 e. The van der Waals surface area contributed by atoms with Gasteiger partial charge < -0.3 is 4.74 Å². The van der Waals surface area contributed by atoms with E-state index in [1.807, 2.05) is 41.8 Å². The van der Waals surface area contributed by atoms with E-state index in [1.165, 1.54) is 11.1 Å². The van der Waals surface area contributed by atoms with E-state index in [9.17, 15) is 4.79 Å². The lowest BCUT2D eigenvalue weighted by Gasteiger charge is -2.38. The van der Waals surface area contributed by atoms with Gasteiger partial charge in [0, 0.05) is 24.2 Å². The van der Waals surface area contributed by atoms with Crippen molar-refractivity contribution in [3.05, 3.63) is 117 Å². The summed E-state index contributed by atoms with van der Waals surface area (Å²) in [5.41, 5.74) is 7.32. The van der Waals surface area contributed by atoms with E-state index in [-0.39, 0.29) is 5.56 Å². The first kappa shape index (κ1) is 23.8. The second-order valence-corrected chi connectivity index (χ2v) is 9.53. The molecule has 1 aliphatic heterocycles. The second-order valence-electron chi connectivity index (χ2n) is 9.53. The van der Waals surface area contributed by atoms with Gasteiger partial charge in [-0.05, 0) is 67.3 Å². The summed E-state index contributed by atoms with van der Waals surface area (Å²) in [7, 11) is 1.67. The predicted octanol–water partition coefficient (Wildman–Crippen LogP) is 5.34. The third kappa shape index (κ3) is 4.77. The van der Waals surface area contributed by atoms with Gasteiger partial charge in [-0.3, -0.25) is 19.2 Å². The van der Waals surface area contributed by atoms with Crippen LogP contribution < -0.4 is 15.2 Å². The van der Waals surface area contributed by atoms with Crippen LogP contribution in [0.1, 0.15) is 33.5 Å². The maximum Gasteiger partial charge on any atom is 0.259 e.